The summed E-state index contributed by atoms with van der Waals surface area (Å²) in [4.78, 5) is 0. The SMILES string of the molecule is CCNC(c1ccc(OC)cc1)C1CCC(F)(F)CC1. The van der Waals surface area contributed by atoms with Gasteiger partial charge in [0.1, 0.15) is 5.75 Å². The number of nitrogens with one attached hydrogen (secondary N) is 1. The van der Waals surface area contributed by atoms with Crippen LogP contribution in [0.25, 0.3) is 0 Å². The first-order valence-corrected chi connectivity index (χ1v) is 7.31. The number of hydrogen-bond acceptors (Lipinski definition) is 2. The Hall–Kier alpha value is -1.16. The predicted molar refractivity (Wildman–Crippen MR) is 76.3 cm³/mol. The summed E-state index contributed by atoms with van der Waals surface area (Å²) in [6.07, 6.45) is 1.18. The number of hydrogen-bond donors (Lipinski definition) is 1. The lowest BCUT2D eigenvalue weighted by molar-refractivity contribution is -0.0497. The van der Waals surface area contributed by atoms with Crippen LogP contribution in [0.2, 0.25) is 0 Å². The van der Waals surface area contributed by atoms with Crippen molar-refractivity contribution in [1.29, 1.82) is 0 Å². The van der Waals surface area contributed by atoms with Gasteiger partial charge < -0.3 is 10.1 Å². The fraction of sp³-hybridized carbons (Fsp3) is 0.625. The van der Waals surface area contributed by atoms with Crippen molar-refractivity contribution in [3.63, 3.8) is 0 Å². The van der Waals surface area contributed by atoms with Crippen molar-refractivity contribution in [3.8, 4) is 5.75 Å². The van der Waals surface area contributed by atoms with Crippen molar-refractivity contribution in [1.82, 2.24) is 5.32 Å². The van der Waals surface area contributed by atoms with Gasteiger partial charge in [-0.15, -0.1) is 0 Å². The molecule has 0 radical (unpaired) electrons. The van der Waals surface area contributed by atoms with Gasteiger partial charge in [-0.1, -0.05) is 19.1 Å². The summed E-state index contributed by atoms with van der Waals surface area (Å²) >= 11 is 0. The van der Waals surface area contributed by atoms with E-state index in [0.717, 1.165) is 17.9 Å². The number of methoxy groups -OCH3 is 1. The number of rotatable bonds is 5. The Kier molecular flexibility index (Phi) is 4.97. The molecule has 1 unspecified atom stereocenters. The molecular weight excluding hydrogens is 260 g/mol. The maximum Gasteiger partial charge on any atom is 0.248 e. The first-order valence-electron chi connectivity index (χ1n) is 7.31. The summed E-state index contributed by atoms with van der Waals surface area (Å²) in [5, 5.41) is 3.45. The molecule has 2 rings (SSSR count). The van der Waals surface area contributed by atoms with Crippen LogP contribution in [0.1, 0.15) is 44.2 Å². The first kappa shape index (κ1) is 15.2. The number of halogens is 2. The summed E-state index contributed by atoms with van der Waals surface area (Å²) in [5.41, 5.74) is 1.16. The highest BCUT2D eigenvalue weighted by Crippen LogP contribution is 2.41. The van der Waals surface area contributed by atoms with Gasteiger partial charge in [-0.2, -0.15) is 0 Å². The summed E-state index contributed by atoms with van der Waals surface area (Å²) in [5.74, 6) is -1.37. The van der Waals surface area contributed by atoms with E-state index < -0.39 is 5.92 Å². The van der Waals surface area contributed by atoms with Crippen LogP contribution in [0.15, 0.2) is 24.3 Å². The van der Waals surface area contributed by atoms with Crippen LogP contribution < -0.4 is 10.1 Å². The van der Waals surface area contributed by atoms with Crippen LogP contribution in [0.3, 0.4) is 0 Å². The van der Waals surface area contributed by atoms with E-state index in [4.69, 9.17) is 4.74 Å². The van der Waals surface area contributed by atoms with Crippen LogP contribution in [-0.2, 0) is 0 Å². The molecule has 1 aliphatic rings. The molecule has 20 heavy (non-hydrogen) atoms. The van der Waals surface area contributed by atoms with Crippen LogP contribution >= 0.6 is 0 Å². The molecule has 0 spiro atoms. The average molecular weight is 283 g/mol. The predicted octanol–water partition coefficient (Wildman–Crippen LogP) is 4.17. The Balaban J connectivity index is 2.10. The molecule has 0 aliphatic heterocycles. The highest BCUT2D eigenvalue weighted by molar-refractivity contribution is 5.29. The molecule has 0 saturated heterocycles. The molecular formula is C16H23F2NO. The second kappa shape index (κ2) is 6.53. The van der Waals surface area contributed by atoms with Crippen molar-refractivity contribution < 1.29 is 13.5 Å². The Morgan fingerprint density at radius 2 is 1.85 bits per heavy atom. The maximum absolute atomic E-state index is 13.3. The van der Waals surface area contributed by atoms with Crippen LogP contribution in [0.5, 0.6) is 5.75 Å². The molecule has 112 valence electrons. The molecule has 4 heteroatoms. The van der Waals surface area contributed by atoms with Gasteiger partial charge in [0.15, 0.2) is 0 Å². The molecule has 0 bridgehead atoms. The third-order valence-electron chi connectivity index (χ3n) is 4.13. The Morgan fingerprint density at radius 1 is 1.25 bits per heavy atom. The summed E-state index contributed by atoms with van der Waals surface area (Å²) in [6, 6.07) is 8.06. The Morgan fingerprint density at radius 3 is 2.35 bits per heavy atom. The summed E-state index contributed by atoms with van der Waals surface area (Å²) in [7, 11) is 1.64. The van der Waals surface area contributed by atoms with E-state index in [2.05, 4.69) is 5.32 Å². The van der Waals surface area contributed by atoms with Gasteiger partial charge in [-0.05, 0) is 43.0 Å². The highest BCUT2D eigenvalue weighted by atomic mass is 19.3. The third-order valence-corrected chi connectivity index (χ3v) is 4.13. The quantitative estimate of drug-likeness (QED) is 0.875. The first-order chi connectivity index (χ1) is 9.55. The molecule has 1 fully saturated rings. The number of ether oxygens (including phenoxy) is 1. The third kappa shape index (κ3) is 3.69. The Bertz CT molecular complexity index is 409. The van der Waals surface area contributed by atoms with Gasteiger partial charge in [-0.25, -0.2) is 8.78 Å². The maximum atomic E-state index is 13.3. The fourth-order valence-corrected chi connectivity index (χ4v) is 2.98. The van der Waals surface area contributed by atoms with Crippen molar-refractivity contribution in [2.75, 3.05) is 13.7 Å². The minimum atomic E-state index is -2.47. The fourth-order valence-electron chi connectivity index (χ4n) is 2.98. The van der Waals surface area contributed by atoms with Gasteiger partial charge in [0.05, 0.1) is 7.11 Å². The zero-order valence-corrected chi connectivity index (χ0v) is 12.2. The van der Waals surface area contributed by atoms with E-state index in [0.29, 0.717) is 12.8 Å². The van der Waals surface area contributed by atoms with Crippen molar-refractivity contribution in [3.05, 3.63) is 29.8 Å². The molecule has 0 heterocycles. The monoisotopic (exact) mass is 283 g/mol. The van der Waals surface area contributed by atoms with Gasteiger partial charge in [0.25, 0.3) is 0 Å². The largest absolute Gasteiger partial charge is 0.497 e. The smallest absolute Gasteiger partial charge is 0.248 e. The zero-order valence-electron chi connectivity index (χ0n) is 12.2. The lowest BCUT2D eigenvalue weighted by Crippen LogP contribution is -2.34. The van der Waals surface area contributed by atoms with E-state index in [-0.39, 0.29) is 24.8 Å². The highest BCUT2D eigenvalue weighted by Gasteiger charge is 2.37. The van der Waals surface area contributed by atoms with Gasteiger partial charge in [0, 0.05) is 18.9 Å². The lowest BCUT2D eigenvalue weighted by atomic mass is 9.79. The molecule has 2 nitrogen and oxygen atoms in total. The minimum Gasteiger partial charge on any atom is -0.497 e. The molecule has 1 aliphatic carbocycles. The second-order valence-electron chi connectivity index (χ2n) is 5.50. The molecule has 1 aromatic rings. The van der Waals surface area contributed by atoms with E-state index in [1.165, 1.54) is 0 Å². The number of benzene rings is 1. The Labute approximate surface area is 119 Å². The average Bonchev–Trinajstić information content (AvgIpc) is 2.45. The normalized spacial score (nSPS) is 20.6. The van der Waals surface area contributed by atoms with Crippen molar-refractivity contribution in [2.24, 2.45) is 5.92 Å². The van der Waals surface area contributed by atoms with Gasteiger partial charge >= 0.3 is 0 Å². The molecule has 1 saturated carbocycles. The van der Waals surface area contributed by atoms with E-state index in [1.807, 2.05) is 31.2 Å². The molecule has 0 aromatic heterocycles. The zero-order chi connectivity index (χ0) is 14.6. The van der Waals surface area contributed by atoms with Crippen LogP contribution in [-0.4, -0.2) is 19.6 Å². The van der Waals surface area contributed by atoms with Crippen LogP contribution in [0.4, 0.5) is 8.78 Å². The molecule has 0 amide bonds. The topological polar surface area (TPSA) is 21.3 Å². The summed E-state index contributed by atoms with van der Waals surface area (Å²) < 4.78 is 31.7. The molecule has 1 aromatic carbocycles. The molecule has 1 atom stereocenters. The van der Waals surface area contributed by atoms with E-state index in [1.54, 1.807) is 7.11 Å². The van der Waals surface area contributed by atoms with Crippen molar-refractivity contribution >= 4 is 0 Å². The van der Waals surface area contributed by atoms with E-state index >= 15 is 0 Å². The second-order valence-corrected chi connectivity index (χ2v) is 5.50. The van der Waals surface area contributed by atoms with Crippen LogP contribution in [0, 0.1) is 5.92 Å². The van der Waals surface area contributed by atoms with Gasteiger partial charge in [-0.3, -0.25) is 0 Å². The van der Waals surface area contributed by atoms with Crippen molar-refractivity contribution in [2.45, 2.75) is 44.6 Å². The minimum absolute atomic E-state index is 0.00964. The van der Waals surface area contributed by atoms with E-state index in [9.17, 15) is 8.78 Å². The number of alkyl halides is 2. The lowest BCUT2D eigenvalue weighted by Gasteiger charge is -2.34. The van der Waals surface area contributed by atoms with Gasteiger partial charge in [0.2, 0.25) is 5.92 Å². The standard InChI is InChI=1S/C16H23F2NO/c1-3-19-15(12-4-6-14(20-2)7-5-12)13-8-10-16(17,18)11-9-13/h4-7,13,15,19H,3,8-11H2,1-2H3. The molecule has 1 N–H and O–H groups in total. The summed E-state index contributed by atoms with van der Waals surface area (Å²) in [6.45, 7) is 2.89.